The molecular weight excluding hydrogens is 280 g/mol. The summed E-state index contributed by atoms with van der Waals surface area (Å²) in [6.07, 6.45) is 0. The number of methoxy groups -OCH3 is 1. The number of carbonyl (C=O) groups excluding carboxylic acids is 2. The second-order valence-corrected chi connectivity index (χ2v) is 4.90. The van der Waals surface area contributed by atoms with Gasteiger partial charge in [-0.3, -0.25) is 4.79 Å². The first-order valence-corrected chi connectivity index (χ1v) is 6.49. The van der Waals surface area contributed by atoms with Crippen molar-refractivity contribution < 1.29 is 14.3 Å². The Morgan fingerprint density at radius 1 is 1.35 bits per heavy atom. The smallest absolute Gasteiger partial charge is 0.340 e. The number of hydrogen-bond donors (Lipinski definition) is 2. The van der Waals surface area contributed by atoms with Gasteiger partial charge in [-0.15, -0.1) is 0 Å². The van der Waals surface area contributed by atoms with Crippen LogP contribution >= 0.6 is 11.6 Å². The minimum absolute atomic E-state index is 0.228. The molecule has 0 radical (unpaired) electrons. The van der Waals surface area contributed by atoms with Crippen LogP contribution in [0.1, 0.15) is 17.3 Å². The van der Waals surface area contributed by atoms with Gasteiger partial charge in [-0.1, -0.05) is 11.6 Å². The molecule has 1 aliphatic rings. The van der Waals surface area contributed by atoms with E-state index in [2.05, 4.69) is 15.4 Å². The van der Waals surface area contributed by atoms with Crippen LogP contribution in [-0.4, -0.2) is 32.1 Å². The van der Waals surface area contributed by atoms with Crippen molar-refractivity contribution in [3.8, 4) is 0 Å². The van der Waals surface area contributed by atoms with Crippen LogP contribution in [-0.2, 0) is 9.53 Å². The Kier molecular flexibility index (Phi) is 4.42. The molecule has 0 atom stereocenters. The zero-order chi connectivity index (χ0) is 14.7. The Balaban J connectivity index is 2.25. The van der Waals surface area contributed by atoms with Crippen LogP contribution in [0.3, 0.4) is 0 Å². The summed E-state index contributed by atoms with van der Waals surface area (Å²) >= 11 is 5.86. The van der Waals surface area contributed by atoms with Crippen LogP contribution in [0.4, 0.5) is 5.69 Å². The van der Waals surface area contributed by atoms with Crippen LogP contribution in [0.25, 0.3) is 0 Å². The first-order chi connectivity index (χ1) is 9.52. The highest BCUT2D eigenvalue weighted by molar-refractivity contribution is 6.31. The summed E-state index contributed by atoms with van der Waals surface area (Å²) in [6.45, 7) is 3.21. The number of esters is 1. The van der Waals surface area contributed by atoms with E-state index in [0.29, 0.717) is 16.3 Å². The van der Waals surface area contributed by atoms with Gasteiger partial charge in [0.15, 0.2) is 0 Å². The van der Waals surface area contributed by atoms with Crippen molar-refractivity contribution in [1.82, 2.24) is 5.32 Å². The van der Waals surface area contributed by atoms with Gasteiger partial charge < -0.3 is 15.4 Å². The minimum Gasteiger partial charge on any atom is -0.465 e. The molecular formula is C14H15ClN2O3. The molecule has 0 spiro atoms. The van der Waals surface area contributed by atoms with E-state index in [1.807, 2.05) is 0 Å². The average Bonchev–Trinajstić information content (AvgIpc) is 2.37. The fraction of sp³-hybridized carbons (Fsp3) is 0.286. The molecule has 2 N–H and O–H groups in total. The molecule has 1 aromatic rings. The van der Waals surface area contributed by atoms with Gasteiger partial charge in [-0.25, -0.2) is 4.79 Å². The summed E-state index contributed by atoms with van der Waals surface area (Å²) < 4.78 is 4.68. The van der Waals surface area contributed by atoms with E-state index in [4.69, 9.17) is 11.6 Å². The molecule has 1 fully saturated rings. The lowest BCUT2D eigenvalue weighted by molar-refractivity contribution is -0.112. The van der Waals surface area contributed by atoms with Crippen molar-refractivity contribution in [2.24, 2.45) is 0 Å². The van der Waals surface area contributed by atoms with Gasteiger partial charge in [0.25, 0.3) is 5.91 Å². The van der Waals surface area contributed by atoms with E-state index in [1.165, 1.54) is 13.2 Å². The molecule has 0 saturated carbocycles. The van der Waals surface area contributed by atoms with Crippen LogP contribution in [0.15, 0.2) is 29.3 Å². The van der Waals surface area contributed by atoms with E-state index >= 15 is 0 Å². The number of hydrogen-bond acceptors (Lipinski definition) is 4. The summed E-state index contributed by atoms with van der Waals surface area (Å²) in [7, 11) is 1.28. The van der Waals surface area contributed by atoms with E-state index in [-0.39, 0.29) is 11.5 Å². The normalized spacial score (nSPS) is 13.4. The van der Waals surface area contributed by atoms with Crippen LogP contribution < -0.4 is 10.6 Å². The molecule has 0 bridgehead atoms. The highest BCUT2D eigenvalue weighted by Crippen LogP contribution is 2.22. The summed E-state index contributed by atoms with van der Waals surface area (Å²) in [5.41, 5.74) is 2.35. The van der Waals surface area contributed by atoms with E-state index in [1.54, 1.807) is 19.1 Å². The third-order valence-corrected chi connectivity index (χ3v) is 3.42. The van der Waals surface area contributed by atoms with Gasteiger partial charge in [-0.2, -0.15) is 0 Å². The van der Waals surface area contributed by atoms with Gasteiger partial charge >= 0.3 is 5.97 Å². The maximum Gasteiger partial charge on any atom is 0.340 e. The summed E-state index contributed by atoms with van der Waals surface area (Å²) in [4.78, 5) is 23.8. The predicted octanol–water partition coefficient (Wildman–Crippen LogP) is 1.98. The Morgan fingerprint density at radius 3 is 2.60 bits per heavy atom. The number of rotatable bonds is 3. The second kappa shape index (κ2) is 6.07. The predicted molar refractivity (Wildman–Crippen MR) is 77.0 cm³/mol. The van der Waals surface area contributed by atoms with Gasteiger partial charge in [-0.05, 0) is 30.7 Å². The quantitative estimate of drug-likeness (QED) is 0.661. The van der Waals surface area contributed by atoms with Crippen molar-refractivity contribution in [2.75, 3.05) is 25.5 Å². The maximum atomic E-state index is 12.1. The fourth-order valence-electron chi connectivity index (χ4n) is 1.80. The average molecular weight is 295 g/mol. The summed E-state index contributed by atoms with van der Waals surface area (Å²) in [6, 6.07) is 4.66. The highest BCUT2D eigenvalue weighted by Gasteiger charge is 2.19. The third-order valence-electron chi connectivity index (χ3n) is 3.18. The van der Waals surface area contributed by atoms with Crippen molar-refractivity contribution in [3.05, 3.63) is 39.9 Å². The molecule has 20 heavy (non-hydrogen) atoms. The highest BCUT2D eigenvalue weighted by atomic mass is 35.5. The Bertz CT molecular complexity index is 590. The number of ether oxygens (including phenoxy) is 1. The number of carbonyl (C=O) groups is 2. The van der Waals surface area contributed by atoms with Crippen molar-refractivity contribution in [2.45, 2.75) is 6.92 Å². The van der Waals surface area contributed by atoms with Gasteiger partial charge in [0.05, 0.1) is 18.4 Å². The van der Waals surface area contributed by atoms with Crippen LogP contribution in [0.5, 0.6) is 0 Å². The first-order valence-electron chi connectivity index (χ1n) is 6.11. The topological polar surface area (TPSA) is 67.4 Å². The van der Waals surface area contributed by atoms with E-state index < -0.39 is 5.97 Å². The van der Waals surface area contributed by atoms with Crippen molar-refractivity contribution >= 4 is 29.2 Å². The van der Waals surface area contributed by atoms with Gasteiger partial charge in [0.1, 0.15) is 0 Å². The Morgan fingerprint density at radius 2 is 2.05 bits per heavy atom. The number of benzene rings is 1. The lowest BCUT2D eigenvalue weighted by atomic mass is 10.0. The molecule has 1 aliphatic heterocycles. The zero-order valence-corrected chi connectivity index (χ0v) is 12.0. The largest absolute Gasteiger partial charge is 0.465 e. The molecule has 1 saturated heterocycles. The molecule has 2 rings (SSSR count). The molecule has 1 amide bonds. The number of amides is 1. The monoisotopic (exact) mass is 294 g/mol. The zero-order valence-electron chi connectivity index (χ0n) is 11.2. The van der Waals surface area contributed by atoms with Gasteiger partial charge in [0.2, 0.25) is 0 Å². The van der Waals surface area contributed by atoms with E-state index in [0.717, 1.165) is 18.7 Å². The molecule has 0 aliphatic carbocycles. The third kappa shape index (κ3) is 3.00. The first kappa shape index (κ1) is 14.6. The molecule has 5 nitrogen and oxygen atoms in total. The number of halogens is 1. The Labute approximate surface area is 121 Å². The summed E-state index contributed by atoms with van der Waals surface area (Å²) in [5, 5.41) is 6.20. The number of nitrogens with one attached hydrogen (secondary N) is 2. The minimum atomic E-state index is -0.543. The second-order valence-electron chi connectivity index (χ2n) is 4.47. The van der Waals surface area contributed by atoms with Gasteiger partial charge in [0, 0.05) is 23.7 Å². The lowest BCUT2D eigenvalue weighted by Crippen LogP contribution is -2.36. The standard InChI is InChI=1S/C14H15ClN2O3/c1-8(9-6-16-7-9)13(18)17-12-4-3-10(15)5-11(12)14(19)20-2/h3-5,16H,6-7H2,1-2H3,(H,17,18). The fourth-order valence-corrected chi connectivity index (χ4v) is 1.97. The van der Waals surface area contributed by atoms with Crippen LogP contribution in [0, 0.1) is 0 Å². The molecule has 1 aromatic carbocycles. The summed E-state index contributed by atoms with van der Waals surface area (Å²) in [5.74, 6) is -0.771. The molecule has 0 aromatic heterocycles. The van der Waals surface area contributed by atoms with Crippen LogP contribution in [0.2, 0.25) is 5.02 Å². The Hall–Kier alpha value is -1.85. The molecule has 6 heteroatoms. The molecule has 1 heterocycles. The maximum absolute atomic E-state index is 12.1. The van der Waals surface area contributed by atoms with E-state index in [9.17, 15) is 9.59 Å². The number of anilines is 1. The molecule has 0 unspecified atom stereocenters. The van der Waals surface area contributed by atoms with Crippen molar-refractivity contribution in [3.63, 3.8) is 0 Å². The molecule has 106 valence electrons. The SMILES string of the molecule is COC(=O)c1cc(Cl)ccc1NC(=O)C(C)=C1CNC1. The van der Waals surface area contributed by atoms with Crippen molar-refractivity contribution in [1.29, 1.82) is 0 Å². The lowest BCUT2D eigenvalue weighted by Gasteiger charge is -2.21.